The molecule has 8 nitrogen and oxygen atoms in total. The molecular formula is C21H27FN6O2. The van der Waals surface area contributed by atoms with Crippen LogP contribution in [-0.2, 0) is 13.1 Å². The van der Waals surface area contributed by atoms with Crippen LogP contribution in [-0.4, -0.2) is 68.8 Å². The van der Waals surface area contributed by atoms with Crippen molar-refractivity contribution in [3.8, 4) is 0 Å². The van der Waals surface area contributed by atoms with Crippen molar-refractivity contribution in [1.82, 2.24) is 30.1 Å². The second-order valence-electron chi connectivity index (χ2n) is 8.46. The third kappa shape index (κ3) is 4.35. The quantitative estimate of drug-likeness (QED) is 0.802. The molecule has 1 unspecified atom stereocenters. The highest BCUT2D eigenvalue weighted by molar-refractivity contribution is 6.05. The molecule has 0 aliphatic carbocycles. The van der Waals surface area contributed by atoms with Crippen LogP contribution < -0.4 is 5.32 Å². The van der Waals surface area contributed by atoms with E-state index in [1.54, 1.807) is 21.7 Å². The van der Waals surface area contributed by atoms with Crippen molar-refractivity contribution in [3.63, 3.8) is 0 Å². The Morgan fingerprint density at radius 1 is 1.20 bits per heavy atom. The fraction of sp³-hybridized carbons (Fsp3) is 0.524. The van der Waals surface area contributed by atoms with Crippen LogP contribution in [0.25, 0.3) is 0 Å². The summed E-state index contributed by atoms with van der Waals surface area (Å²) in [6.07, 6.45) is 0.852. The van der Waals surface area contributed by atoms with Gasteiger partial charge in [0.1, 0.15) is 5.82 Å². The molecule has 2 aliphatic rings. The molecule has 1 atom stereocenters. The zero-order valence-electron chi connectivity index (χ0n) is 17.3. The average Bonchev–Trinajstić information content (AvgIpc) is 3.14. The van der Waals surface area contributed by atoms with Crippen molar-refractivity contribution in [2.24, 2.45) is 5.92 Å². The molecule has 0 spiro atoms. The van der Waals surface area contributed by atoms with Gasteiger partial charge in [0.25, 0.3) is 11.8 Å². The van der Waals surface area contributed by atoms with Crippen LogP contribution in [0, 0.1) is 11.7 Å². The molecule has 9 heteroatoms. The van der Waals surface area contributed by atoms with Gasteiger partial charge in [0, 0.05) is 38.8 Å². The fourth-order valence-electron chi connectivity index (χ4n) is 4.13. The van der Waals surface area contributed by atoms with Crippen LogP contribution in [0.15, 0.2) is 24.3 Å². The number of amides is 2. The van der Waals surface area contributed by atoms with Gasteiger partial charge in [-0.1, -0.05) is 31.2 Å². The molecular weight excluding hydrogens is 387 g/mol. The summed E-state index contributed by atoms with van der Waals surface area (Å²) >= 11 is 0. The van der Waals surface area contributed by atoms with Gasteiger partial charge >= 0.3 is 0 Å². The van der Waals surface area contributed by atoms with Gasteiger partial charge in [-0.15, -0.1) is 5.10 Å². The number of aromatic nitrogens is 3. The molecule has 2 amide bonds. The Bertz CT molecular complexity index is 918. The Hall–Kier alpha value is -2.81. The SMILES string of the molecule is CC(C)CC1Cn2nnc(C(=O)N3CCN(Cc4ccc(F)cc4)CC3)c2C(=O)N1. The molecule has 160 valence electrons. The minimum Gasteiger partial charge on any atom is -0.346 e. The van der Waals surface area contributed by atoms with Crippen molar-refractivity contribution in [3.05, 3.63) is 47.0 Å². The number of nitrogens with one attached hydrogen (secondary N) is 1. The Kier molecular flexibility index (Phi) is 5.80. The first-order valence-corrected chi connectivity index (χ1v) is 10.4. The molecule has 1 fully saturated rings. The van der Waals surface area contributed by atoms with Gasteiger partial charge in [-0.3, -0.25) is 14.5 Å². The number of carbonyl (C=O) groups excluding carboxylic acids is 2. The van der Waals surface area contributed by atoms with Crippen molar-refractivity contribution >= 4 is 11.8 Å². The van der Waals surface area contributed by atoms with Gasteiger partial charge in [0.15, 0.2) is 11.4 Å². The fourth-order valence-corrected chi connectivity index (χ4v) is 4.13. The highest BCUT2D eigenvalue weighted by atomic mass is 19.1. The van der Waals surface area contributed by atoms with Gasteiger partial charge in [-0.2, -0.15) is 0 Å². The summed E-state index contributed by atoms with van der Waals surface area (Å²) in [5.41, 5.74) is 1.42. The Balaban J connectivity index is 1.38. The zero-order chi connectivity index (χ0) is 21.3. The first kappa shape index (κ1) is 20.5. The normalized spacial score (nSPS) is 19.7. The molecule has 3 heterocycles. The molecule has 1 aromatic heterocycles. The van der Waals surface area contributed by atoms with E-state index in [9.17, 15) is 14.0 Å². The monoisotopic (exact) mass is 414 g/mol. The maximum atomic E-state index is 13.1. The van der Waals surface area contributed by atoms with Crippen LogP contribution in [0.5, 0.6) is 0 Å². The summed E-state index contributed by atoms with van der Waals surface area (Å²) < 4.78 is 14.6. The molecule has 2 aromatic rings. The molecule has 1 saturated heterocycles. The minimum atomic E-state index is -0.282. The second-order valence-corrected chi connectivity index (χ2v) is 8.46. The Labute approximate surface area is 175 Å². The highest BCUT2D eigenvalue weighted by Gasteiger charge is 2.34. The summed E-state index contributed by atoms with van der Waals surface area (Å²) in [5.74, 6) is -0.330. The third-order valence-electron chi connectivity index (χ3n) is 5.62. The molecule has 1 aromatic carbocycles. The second kappa shape index (κ2) is 8.51. The van der Waals surface area contributed by atoms with E-state index in [2.05, 4.69) is 34.4 Å². The van der Waals surface area contributed by atoms with E-state index in [0.29, 0.717) is 45.2 Å². The number of hydrogen-bond donors (Lipinski definition) is 1. The van der Waals surface area contributed by atoms with Crippen molar-refractivity contribution in [2.75, 3.05) is 26.2 Å². The number of nitrogens with zero attached hydrogens (tertiary/aromatic N) is 5. The molecule has 0 saturated carbocycles. The van der Waals surface area contributed by atoms with Gasteiger partial charge in [-0.25, -0.2) is 9.07 Å². The number of carbonyl (C=O) groups is 2. The first-order chi connectivity index (χ1) is 14.4. The molecule has 0 radical (unpaired) electrons. The highest BCUT2D eigenvalue weighted by Crippen LogP contribution is 2.18. The van der Waals surface area contributed by atoms with Gasteiger partial charge in [-0.05, 0) is 30.0 Å². The van der Waals surface area contributed by atoms with E-state index in [0.717, 1.165) is 12.0 Å². The van der Waals surface area contributed by atoms with Crippen molar-refractivity contribution in [2.45, 2.75) is 39.4 Å². The predicted molar refractivity (Wildman–Crippen MR) is 108 cm³/mol. The number of benzene rings is 1. The smallest absolute Gasteiger partial charge is 0.276 e. The number of rotatable bonds is 5. The van der Waals surface area contributed by atoms with E-state index in [4.69, 9.17) is 0 Å². The standard InChI is InChI=1S/C21H27FN6O2/c1-14(2)11-17-13-28-19(20(29)23-17)18(24-25-28)21(30)27-9-7-26(8-10-27)12-15-3-5-16(22)6-4-15/h3-6,14,17H,7-13H2,1-2H3,(H,23,29). The van der Waals surface area contributed by atoms with E-state index in [-0.39, 0.29) is 35.1 Å². The lowest BCUT2D eigenvalue weighted by Crippen LogP contribution is -2.49. The summed E-state index contributed by atoms with van der Waals surface area (Å²) in [6, 6.07) is 6.48. The Morgan fingerprint density at radius 3 is 2.57 bits per heavy atom. The molecule has 4 rings (SSSR count). The lowest BCUT2D eigenvalue weighted by molar-refractivity contribution is 0.0617. The molecule has 0 bridgehead atoms. The van der Waals surface area contributed by atoms with Crippen LogP contribution in [0.3, 0.4) is 0 Å². The number of halogens is 1. The third-order valence-corrected chi connectivity index (χ3v) is 5.62. The maximum Gasteiger partial charge on any atom is 0.276 e. The lowest BCUT2D eigenvalue weighted by Gasteiger charge is -2.34. The van der Waals surface area contributed by atoms with Crippen molar-refractivity contribution < 1.29 is 14.0 Å². The Morgan fingerprint density at radius 2 is 1.90 bits per heavy atom. The van der Waals surface area contributed by atoms with Crippen LogP contribution in [0.4, 0.5) is 4.39 Å². The average molecular weight is 414 g/mol. The molecule has 30 heavy (non-hydrogen) atoms. The topological polar surface area (TPSA) is 83.4 Å². The first-order valence-electron chi connectivity index (χ1n) is 10.4. The zero-order valence-corrected chi connectivity index (χ0v) is 17.3. The van der Waals surface area contributed by atoms with Crippen LogP contribution in [0.2, 0.25) is 0 Å². The van der Waals surface area contributed by atoms with E-state index in [1.165, 1.54) is 12.1 Å². The maximum absolute atomic E-state index is 13.1. The van der Waals surface area contributed by atoms with Crippen LogP contribution >= 0.6 is 0 Å². The van der Waals surface area contributed by atoms with E-state index in [1.807, 2.05) is 0 Å². The van der Waals surface area contributed by atoms with Gasteiger partial charge in [0.05, 0.1) is 6.54 Å². The summed E-state index contributed by atoms with van der Waals surface area (Å²) in [7, 11) is 0. The number of hydrogen-bond acceptors (Lipinski definition) is 5. The largest absolute Gasteiger partial charge is 0.346 e. The van der Waals surface area contributed by atoms with E-state index < -0.39 is 0 Å². The molecule has 2 aliphatic heterocycles. The number of fused-ring (bicyclic) bond motifs is 1. The summed E-state index contributed by atoms with van der Waals surface area (Å²) in [5, 5.41) is 11.1. The summed E-state index contributed by atoms with van der Waals surface area (Å²) in [4.78, 5) is 29.6. The van der Waals surface area contributed by atoms with E-state index >= 15 is 0 Å². The van der Waals surface area contributed by atoms with Gasteiger partial charge in [0.2, 0.25) is 0 Å². The van der Waals surface area contributed by atoms with Crippen molar-refractivity contribution in [1.29, 1.82) is 0 Å². The minimum absolute atomic E-state index is 0.00431. The summed E-state index contributed by atoms with van der Waals surface area (Å²) in [6.45, 7) is 7.95. The van der Waals surface area contributed by atoms with Gasteiger partial charge < -0.3 is 10.2 Å². The molecule has 1 N–H and O–H groups in total. The van der Waals surface area contributed by atoms with Crippen LogP contribution in [0.1, 0.15) is 46.8 Å². The predicted octanol–water partition coefficient (Wildman–Crippen LogP) is 1.53. The lowest BCUT2D eigenvalue weighted by atomic mass is 10.0. The number of piperazine rings is 1.